The maximum absolute atomic E-state index is 12.0. The third kappa shape index (κ3) is 1.12. The molecule has 0 saturated carbocycles. The van der Waals surface area contributed by atoms with E-state index in [4.69, 9.17) is 0 Å². The van der Waals surface area contributed by atoms with Crippen molar-refractivity contribution in [3.8, 4) is 0 Å². The van der Waals surface area contributed by atoms with Gasteiger partial charge in [-0.1, -0.05) is 18.2 Å². The topological polar surface area (TPSA) is 60.4 Å². The van der Waals surface area contributed by atoms with Crippen molar-refractivity contribution in [3.05, 3.63) is 35.4 Å². The summed E-state index contributed by atoms with van der Waals surface area (Å²) in [6.07, 6.45) is 0. The Balaban J connectivity index is 2.07. The number of carboxylic acid groups (broad SMARTS) is 1. The van der Waals surface area contributed by atoms with Crippen molar-refractivity contribution in [3.63, 3.8) is 0 Å². The molecule has 2 aliphatic rings. The molecular formula is C11H8NO3S-. The normalized spacial score (nSPS) is 26.8. The number of carbonyl (C=O) groups excluding carboxylic acids is 2. The van der Waals surface area contributed by atoms with Gasteiger partial charge in [-0.25, -0.2) is 0 Å². The second kappa shape index (κ2) is 3.25. The van der Waals surface area contributed by atoms with Crippen LogP contribution in [0.2, 0.25) is 0 Å². The lowest BCUT2D eigenvalue weighted by Crippen LogP contribution is -2.47. The van der Waals surface area contributed by atoms with E-state index in [0.717, 1.165) is 5.56 Å². The van der Waals surface area contributed by atoms with Crippen LogP contribution in [-0.2, 0) is 4.79 Å². The number of hydrogen-bond acceptors (Lipinski definition) is 4. The summed E-state index contributed by atoms with van der Waals surface area (Å²) in [5.41, 5.74) is 1.53. The second-order valence-corrected chi connectivity index (χ2v) is 4.93. The number of carbonyl (C=O) groups is 2. The van der Waals surface area contributed by atoms with E-state index in [0.29, 0.717) is 11.3 Å². The van der Waals surface area contributed by atoms with Crippen LogP contribution in [0.25, 0.3) is 0 Å². The molecular weight excluding hydrogens is 226 g/mol. The van der Waals surface area contributed by atoms with Crippen molar-refractivity contribution in [2.24, 2.45) is 0 Å². The van der Waals surface area contributed by atoms with Gasteiger partial charge in [0, 0.05) is 11.3 Å². The summed E-state index contributed by atoms with van der Waals surface area (Å²) in [7, 11) is 0. The second-order valence-electron chi connectivity index (χ2n) is 3.82. The Labute approximate surface area is 96.2 Å². The number of amides is 1. The molecule has 82 valence electrons. The minimum Gasteiger partial charge on any atom is -0.548 e. The molecule has 2 heterocycles. The molecule has 0 aliphatic carbocycles. The Kier molecular flexibility index (Phi) is 1.97. The van der Waals surface area contributed by atoms with Crippen LogP contribution >= 0.6 is 11.8 Å². The van der Waals surface area contributed by atoms with Gasteiger partial charge >= 0.3 is 0 Å². The van der Waals surface area contributed by atoms with Crippen molar-refractivity contribution in [1.82, 2.24) is 4.90 Å². The van der Waals surface area contributed by atoms with Crippen LogP contribution in [0.15, 0.2) is 24.3 Å². The van der Waals surface area contributed by atoms with Crippen LogP contribution < -0.4 is 5.11 Å². The van der Waals surface area contributed by atoms with Gasteiger partial charge in [-0.2, -0.15) is 0 Å². The SMILES string of the molecule is O=C([O-])[C@@H]1CS[C@H]2c3ccccc3C(=O)N12. The fraction of sp³-hybridized carbons (Fsp3) is 0.273. The molecule has 0 bridgehead atoms. The number of fused-ring (bicyclic) bond motifs is 3. The molecule has 0 unspecified atom stereocenters. The molecule has 4 nitrogen and oxygen atoms in total. The van der Waals surface area contributed by atoms with Gasteiger partial charge < -0.3 is 14.8 Å². The summed E-state index contributed by atoms with van der Waals surface area (Å²) in [5, 5.41) is 10.8. The van der Waals surface area contributed by atoms with Gasteiger partial charge in [-0.15, -0.1) is 11.8 Å². The number of nitrogens with zero attached hydrogens (tertiary/aromatic N) is 1. The smallest absolute Gasteiger partial charge is 0.256 e. The molecule has 5 heteroatoms. The highest BCUT2D eigenvalue weighted by molar-refractivity contribution is 7.99. The molecule has 2 aliphatic heterocycles. The first-order valence-corrected chi connectivity index (χ1v) is 5.99. The van der Waals surface area contributed by atoms with E-state index in [2.05, 4.69) is 0 Å². The number of thioether (sulfide) groups is 1. The highest BCUT2D eigenvalue weighted by Crippen LogP contribution is 2.47. The Hall–Kier alpha value is -1.49. The van der Waals surface area contributed by atoms with Crippen LogP contribution in [0.3, 0.4) is 0 Å². The summed E-state index contributed by atoms with van der Waals surface area (Å²) in [6, 6.07) is 6.47. The highest BCUT2D eigenvalue weighted by Gasteiger charge is 2.45. The predicted molar refractivity (Wildman–Crippen MR) is 56.6 cm³/mol. The summed E-state index contributed by atoms with van der Waals surface area (Å²) < 4.78 is 0. The number of rotatable bonds is 1. The fourth-order valence-corrected chi connectivity index (χ4v) is 3.67. The van der Waals surface area contributed by atoms with Gasteiger partial charge in [-0.3, -0.25) is 4.79 Å². The summed E-state index contributed by atoms with van der Waals surface area (Å²) >= 11 is 1.48. The molecule has 0 aromatic heterocycles. The molecule has 1 aromatic rings. The monoisotopic (exact) mass is 234 g/mol. The fourth-order valence-electron chi connectivity index (χ4n) is 2.22. The zero-order valence-electron chi connectivity index (χ0n) is 8.25. The van der Waals surface area contributed by atoms with E-state index in [9.17, 15) is 14.7 Å². The Bertz CT molecular complexity index is 488. The minimum atomic E-state index is -1.17. The Morgan fingerprint density at radius 3 is 2.94 bits per heavy atom. The Morgan fingerprint density at radius 2 is 2.19 bits per heavy atom. The van der Waals surface area contributed by atoms with Crippen LogP contribution in [0, 0.1) is 0 Å². The first-order chi connectivity index (χ1) is 7.70. The zero-order valence-corrected chi connectivity index (χ0v) is 9.07. The third-order valence-corrected chi connectivity index (χ3v) is 4.27. The van der Waals surface area contributed by atoms with Crippen molar-refractivity contribution in [2.45, 2.75) is 11.4 Å². The molecule has 0 spiro atoms. The first kappa shape index (κ1) is 9.72. The third-order valence-electron chi connectivity index (χ3n) is 2.96. The lowest BCUT2D eigenvalue weighted by atomic mass is 10.1. The maximum atomic E-state index is 12.0. The van der Waals surface area contributed by atoms with Gasteiger partial charge in [0.1, 0.15) is 5.37 Å². The molecule has 1 saturated heterocycles. The van der Waals surface area contributed by atoms with Gasteiger partial charge in [-0.05, 0) is 11.6 Å². The number of carboxylic acids is 1. The van der Waals surface area contributed by atoms with E-state index < -0.39 is 12.0 Å². The van der Waals surface area contributed by atoms with Crippen LogP contribution in [0.1, 0.15) is 21.3 Å². The summed E-state index contributed by atoms with van der Waals surface area (Å²) in [6.45, 7) is 0. The average molecular weight is 234 g/mol. The van der Waals surface area contributed by atoms with Gasteiger partial charge in [0.15, 0.2) is 0 Å². The number of aliphatic carboxylic acids is 1. The summed E-state index contributed by atoms with van der Waals surface area (Å²) in [4.78, 5) is 24.4. The van der Waals surface area contributed by atoms with Crippen molar-refractivity contribution < 1.29 is 14.7 Å². The largest absolute Gasteiger partial charge is 0.548 e. The highest BCUT2D eigenvalue weighted by atomic mass is 32.2. The lowest BCUT2D eigenvalue weighted by molar-refractivity contribution is -0.309. The molecule has 0 radical (unpaired) electrons. The molecule has 1 amide bonds. The molecule has 16 heavy (non-hydrogen) atoms. The van der Waals surface area contributed by atoms with Crippen molar-refractivity contribution >= 4 is 23.6 Å². The van der Waals surface area contributed by atoms with Crippen LogP contribution in [0.4, 0.5) is 0 Å². The number of hydrogen-bond donors (Lipinski definition) is 0. The first-order valence-electron chi connectivity index (χ1n) is 4.94. The zero-order chi connectivity index (χ0) is 11.3. The Morgan fingerprint density at radius 1 is 1.44 bits per heavy atom. The van der Waals surface area contributed by atoms with Gasteiger partial charge in [0.25, 0.3) is 5.91 Å². The van der Waals surface area contributed by atoms with Crippen LogP contribution in [-0.4, -0.2) is 28.6 Å². The maximum Gasteiger partial charge on any atom is 0.256 e. The van der Waals surface area contributed by atoms with E-state index in [1.54, 1.807) is 12.1 Å². The average Bonchev–Trinajstić information content (AvgIpc) is 2.81. The quantitative estimate of drug-likeness (QED) is 0.686. The van der Waals surface area contributed by atoms with Crippen LogP contribution in [0.5, 0.6) is 0 Å². The van der Waals surface area contributed by atoms with Crippen molar-refractivity contribution in [2.75, 3.05) is 5.75 Å². The predicted octanol–water partition coefficient (Wildman–Crippen LogP) is 0.00630. The van der Waals surface area contributed by atoms with Crippen molar-refractivity contribution in [1.29, 1.82) is 0 Å². The molecule has 3 rings (SSSR count). The molecule has 2 atom stereocenters. The lowest BCUT2D eigenvalue weighted by Gasteiger charge is -2.23. The van der Waals surface area contributed by atoms with E-state index in [-0.39, 0.29) is 11.3 Å². The standard InChI is InChI=1S/C11H9NO3S/c13-9-6-3-1-2-4-7(6)10-12(9)8(5-16-10)11(14)15/h1-4,8,10H,5H2,(H,14,15)/p-1/t8-,10-/m0/s1. The van der Waals surface area contributed by atoms with Gasteiger partial charge in [0.2, 0.25) is 0 Å². The van der Waals surface area contributed by atoms with E-state index in [1.807, 2.05) is 12.1 Å². The minimum absolute atomic E-state index is 0.147. The van der Waals surface area contributed by atoms with E-state index in [1.165, 1.54) is 16.7 Å². The molecule has 0 N–H and O–H groups in total. The van der Waals surface area contributed by atoms with Gasteiger partial charge in [0.05, 0.1) is 12.0 Å². The van der Waals surface area contributed by atoms with E-state index >= 15 is 0 Å². The summed E-state index contributed by atoms with van der Waals surface area (Å²) in [5.74, 6) is -0.955. The molecule has 1 aromatic carbocycles. The number of benzene rings is 1. The molecule has 1 fully saturated rings.